The molecule has 0 spiro atoms. The average molecular weight is 286 g/mol. The number of benzene rings is 1. The average Bonchev–Trinajstić information content (AvgIpc) is 2.64. The monoisotopic (exact) mass is 285 g/mol. The smallest absolute Gasteiger partial charge is 0.137 e. The Morgan fingerprint density at radius 1 is 1.28 bits per heavy atom. The van der Waals surface area contributed by atoms with E-state index < -0.39 is 0 Å². The summed E-state index contributed by atoms with van der Waals surface area (Å²) in [6.45, 7) is 7.98. The second kappa shape index (κ2) is 5.52. The fraction of sp³-hybridized carbons (Fsp3) is 0.429. The van der Waals surface area contributed by atoms with E-state index in [2.05, 4.69) is 26.1 Å². The van der Waals surface area contributed by atoms with Crippen molar-refractivity contribution < 1.29 is 4.42 Å². The molecule has 18 heavy (non-hydrogen) atoms. The zero-order chi connectivity index (χ0) is 13.3. The zero-order valence-corrected chi connectivity index (χ0v) is 12.3. The molecule has 0 radical (unpaired) electrons. The van der Waals surface area contributed by atoms with Crippen LogP contribution in [0.5, 0.6) is 0 Å². The Hall–Kier alpha value is -0.700. The van der Waals surface area contributed by atoms with Crippen LogP contribution in [0.25, 0.3) is 11.0 Å². The van der Waals surface area contributed by atoms with Gasteiger partial charge in [-0.15, -0.1) is 0 Å². The number of hydrogen-bond acceptors (Lipinski definition) is 2. The summed E-state index contributed by atoms with van der Waals surface area (Å²) in [7, 11) is 0. The Bertz CT molecular complexity index is 560. The first-order chi connectivity index (χ1) is 8.54. The van der Waals surface area contributed by atoms with Crippen LogP contribution in [0, 0.1) is 0 Å². The molecule has 0 saturated heterocycles. The van der Waals surface area contributed by atoms with Gasteiger partial charge in [-0.1, -0.05) is 44.0 Å². The lowest BCUT2D eigenvalue weighted by Crippen LogP contribution is -2.12. The molecule has 0 amide bonds. The summed E-state index contributed by atoms with van der Waals surface area (Å²) in [5.41, 5.74) is 1.94. The first-order valence-electron chi connectivity index (χ1n) is 6.15. The molecule has 2 rings (SSSR count). The van der Waals surface area contributed by atoms with Crippen LogP contribution >= 0.6 is 23.2 Å². The van der Waals surface area contributed by atoms with Crippen molar-refractivity contribution in [1.29, 1.82) is 0 Å². The fourth-order valence-corrected chi connectivity index (χ4v) is 2.78. The lowest BCUT2D eigenvalue weighted by Gasteiger charge is -2.07. The Labute approximate surface area is 117 Å². The lowest BCUT2D eigenvalue weighted by atomic mass is 9.99. The van der Waals surface area contributed by atoms with Crippen LogP contribution in [-0.4, -0.2) is 6.54 Å². The van der Waals surface area contributed by atoms with Gasteiger partial charge in [-0.2, -0.15) is 0 Å². The number of fused-ring (bicyclic) bond motifs is 1. The van der Waals surface area contributed by atoms with Gasteiger partial charge in [0.2, 0.25) is 0 Å². The van der Waals surface area contributed by atoms with Crippen molar-refractivity contribution >= 4 is 34.2 Å². The minimum Gasteiger partial charge on any atom is -0.459 e. The number of hydrogen-bond donors (Lipinski definition) is 1. The molecule has 1 heterocycles. The van der Waals surface area contributed by atoms with E-state index in [0.29, 0.717) is 22.5 Å². The van der Waals surface area contributed by atoms with Gasteiger partial charge in [-0.05, 0) is 18.5 Å². The molecule has 1 N–H and O–H groups in total. The molecule has 0 aliphatic heterocycles. The largest absolute Gasteiger partial charge is 0.459 e. The maximum absolute atomic E-state index is 6.29. The molecule has 2 nitrogen and oxygen atoms in total. The maximum atomic E-state index is 6.29. The third-order valence-corrected chi connectivity index (χ3v) is 3.45. The van der Waals surface area contributed by atoms with Crippen molar-refractivity contribution in [2.75, 3.05) is 6.54 Å². The molecule has 2 aromatic rings. The van der Waals surface area contributed by atoms with Gasteiger partial charge in [-0.3, -0.25) is 0 Å². The Morgan fingerprint density at radius 2 is 2.00 bits per heavy atom. The van der Waals surface area contributed by atoms with E-state index in [-0.39, 0.29) is 0 Å². The van der Waals surface area contributed by atoms with E-state index in [1.54, 1.807) is 6.07 Å². The predicted octanol–water partition coefficient (Wildman–Crippen LogP) is 4.97. The third-order valence-electron chi connectivity index (χ3n) is 2.93. The van der Waals surface area contributed by atoms with Gasteiger partial charge in [0, 0.05) is 22.0 Å². The summed E-state index contributed by atoms with van der Waals surface area (Å²) in [5, 5.41) is 5.54. The maximum Gasteiger partial charge on any atom is 0.137 e. The first-order valence-corrected chi connectivity index (χ1v) is 6.91. The Kier molecular flexibility index (Phi) is 4.21. The molecule has 0 aliphatic rings. The topological polar surface area (TPSA) is 25.2 Å². The highest BCUT2D eigenvalue weighted by Crippen LogP contribution is 2.38. The molecule has 0 unspecified atom stereocenters. The molecule has 0 aliphatic carbocycles. The normalized spacial score (nSPS) is 11.7. The molecular weight excluding hydrogens is 269 g/mol. The zero-order valence-electron chi connectivity index (χ0n) is 10.8. The minimum absolute atomic E-state index is 0.360. The van der Waals surface area contributed by atoms with Crippen molar-refractivity contribution in [3.05, 3.63) is 33.5 Å². The third kappa shape index (κ3) is 2.51. The van der Waals surface area contributed by atoms with Gasteiger partial charge in [0.25, 0.3) is 0 Å². The second-order valence-electron chi connectivity index (χ2n) is 4.63. The van der Waals surface area contributed by atoms with E-state index in [0.717, 1.165) is 23.3 Å². The van der Waals surface area contributed by atoms with Gasteiger partial charge in [0.15, 0.2) is 0 Å². The van der Waals surface area contributed by atoms with Gasteiger partial charge in [-0.25, -0.2) is 0 Å². The lowest BCUT2D eigenvalue weighted by molar-refractivity contribution is 0.510. The SMILES string of the molecule is CCNCc1oc2cc(Cl)cc(Cl)c2c1C(C)C. The van der Waals surface area contributed by atoms with Crippen LogP contribution in [0.2, 0.25) is 10.0 Å². The number of halogens is 2. The molecule has 0 bridgehead atoms. The Morgan fingerprint density at radius 3 is 2.61 bits per heavy atom. The molecule has 1 aromatic heterocycles. The van der Waals surface area contributed by atoms with Crippen LogP contribution in [0.15, 0.2) is 16.5 Å². The number of furan rings is 1. The quantitative estimate of drug-likeness (QED) is 0.858. The van der Waals surface area contributed by atoms with E-state index in [1.165, 1.54) is 5.56 Å². The fourth-order valence-electron chi connectivity index (χ4n) is 2.20. The highest BCUT2D eigenvalue weighted by Gasteiger charge is 2.19. The van der Waals surface area contributed by atoms with Crippen molar-refractivity contribution in [3.63, 3.8) is 0 Å². The van der Waals surface area contributed by atoms with Crippen LogP contribution in [0.4, 0.5) is 0 Å². The van der Waals surface area contributed by atoms with E-state index in [4.69, 9.17) is 27.6 Å². The first kappa shape index (κ1) is 13.7. The van der Waals surface area contributed by atoms with Crippen LogP contribution in [0.1, 0.15) is 38.0 Å². The summed E-state index contributed by atoms with van der Waals surface area (Å²) in [5.74, 6) is 1.31. The molecule has 1 aromatic carbocycles. The number of nitrogens with one attached hydrogen (secondary N) is 1. The summed E-state index contributed by atoms with van der Waals surface area (Å²) in [4.78, 5) is 0. The summed E-state index contributed by atoms with van der Waals surface area (Å²) < 4.78 is 5.89. The highest BCUT2D eigenvalue weighted by molar-refractivity contribution is 6.38. The van der Waals surface area contributed by atoms with Crippen molar-refractivity contribution in [1.82, 2.24) is 5.32 Å². The standard InChI is InChI=1S/C14H17Cl2NO/c1-4-17-7-12-13(8(2)3)14-10(16)5-9(15)6-11(14)18-12/h5-6,8,17H,4,7H2,1-3H3. The second-order valence-corrected chi connectivity index (χ2v) is 5.48. The molecule has 0 atom stereocenters. The predicted molar refractivity (Wildman–Crippen MR) is 77.7 cm³/mol. The summed E-state index contributed by atoms with van der Waals surface area (Å²) >= 11 is 12.3. The van der Waals surface area contributed by atoms with Crippen LogP contribution in [0.3, 0.4) is 0 Å². The number of rotatable bonds is 4. The van der Waals surface area contributed by atoms with Gasteiger partial charge < -0.3 is 9.73 Å². The van der Waals surface area contributed by atoms with E-state index in [9.17, 15) is 0 Å². The molecule has 0 saturated carbocycles. The van der Waals surface area contributed by atoms with Gasteiger partial charge in [0.1, 0.15) is 11.3 Å². The van der Waals surface area contributed by atoms with Gasteiger partial charge in [0.05, 0.1) is 11.6 Å². The molecule has 4 heteroatoms. The molecule has 0 fully saturated rings. The van der Waals surface area contributed by atoms with Crippen molar-refractivity contribution in [3.8, 4) is 0 Å². The molecular formula is C14H17Cl2NO. The van der Waals surface area contributed by atoms with Crippen LogP contribution < -0.4 is 5.32 Å². The summed E-state index contributed by atoms with van der Waals surface area (Å²) in [6.07, 6.45) is 0. The highest BCUT2D eigenvalue weighted by atomic mass is 35.5. The van der Waals surface area contributed by atoms with Crippen LogP contribution in [-0.2, 0) is 6.54 Å². The van der Waals surface area contributed by atoms with Crippen molar-refractivity contribution in [2.45, 2.75) is 33.2 Å². The Balaban J connectivity index is 2.64. The minimum atomic E-state index is 0.360. The summed E-state index contributed by atoms with van der Waals surface area (Å²) in [6, 6.07) is 3.59. The van der Waals surface area contributed by atoms with Gasteiger partial charge >= 0.3 is 0 Å². The van der Waals surface area contributed by atoms with E-state index >= 15 is 0 Å². The molecule has 98 valence electrons. The van der Waals surface area contributed by atoms with E-state index in [1.807, 2.05) is 6.07 Å². The van der Waals surface area contributed by atoms with Crippen molar-refractivity contribution in [2.24, 2.45) is 0 Å².